The largest absolute Gasteiger partial charge is 0.399 e. The van der Waals surface area contributed by atoms with Crippen LogP contribution in [0, 0.1) is 6.92 Å². The van der Waals surface area contributed by atoms with Gasteiger partial charge in [0.25, 0.3) is 0 Å². The van der Waals surface area contributed by atoms with Crippen molar-refractivity contribution in [3.05, 3.63) is 29.3 Å². The standard InChI is InChI=1S/C9H13N3O/c1-6-7(5-12-9(11)13)3-2-4-8(6)10/h2-4H,5,10H2,1H3,(H3,11,12,13). The Hall–Kier alpha value is -1.71. The number of primary amides is 1. The van der Waals surface area contributed by atoms with Gasteiger partial charge in [-0.25, -0.2) is 4.79 Å². The molecule has 4 nitrogen and oxygen atoms in total. The molecule has 0 aliphatic heterocycles. The van der Waals surface area contributed by atoms with Crippen molar-refractivity contribution in [3.63, 3.8) is 0 Å². The molecule has 0 saturated heterocycles. The van der Waals surface area contributed by atoms with Gasteiger partial charge in [-0.15, -0.1) is 0 Å². The van der Waals surface area contributed by atoms with Gasteiger partial charge in [0.1, 0.15) is 0 Å². The van der Waals surface area contributed by atoms with E-state index in [0.29, 0.717) is 6.54 Å². The molecule has 0 heterocycles. The summed E-state index contributed by atoms with van der Waals surface area (Å²) >= 11 is 0. The van der Waals surface area contributed by atoms with Crippen LogP contribution in [-0.4, -0.2) is 6.03 Å². The molecule has 4 heteroatoms. The van der Waals surface area contributed by atoms with E-state index in [1.807, 2.05) is 25.1 Å². The predicted molar refractivity (Wildman–Crippen MR) is 52.0 cm³/mol. The summed E-state index contributed by atoms with van der Waals surface area (Å²) < 4.78 is 0. The number of rotatable bonds is 2. The summed E-state index contributed by atoms with van der Waals surface area (Å²) in [4.78, 5) is 10.4. The zero-order chi connectivity index (χ0) is 9.84. The number of anilines is 1. The molecule has 5 N–H and O–H groups in total. The molecule has 2 amide bonds. The number of nitrogen functional groups attached to an aromatic ring is 1. The summed E-state index contributed by atoms with van der Waals surface area (Å²) in [6.07, 6.45) is 0. The lowest BCUT2D eigenvalue weighted by atomic mass is 10.1. The maximum absolute atomic E-state index is 10.4. The van der Waals surface area contributed by atoms with Crippen molar-refractivity contribution < 1.29 is 4.79 Å². The van der Waals surface area contributed by atoms with Crippen molar-refractivity contribution >= 4 is 11.7 Å². The van der Waals surface area contributed by atoms with Crippen molar-refractivity contribution in [2.45, 2.75) is 13.5 Å². The van der Waals surface area contributed by atoms with Gasteiger partial charge in [0.15, 0.2) is 0 Å². The Kier molecular flexibility index (Phi) is 2.74. The van der Waals surface area contributed by atoms with E-state index >= 15 is 0 Å². The maximum Gasteiger partial charge on any atom is 0.312 e. The second-order valence-electron chi connectivity index (χ2n) is 2.85. The minimum absolute atomic E-state index is 0.423. The highest BCUT2D eigenvalue weighted by molar-refractivity contribution is 5.71. The highest BCUT2D eigenvalue weighted by Crippen LogP contribution is 2.14. The first kappa shape index (κ1) is 9.38. The fourth-order valence-electron chi connectivity index (χ4n) is 1.08. The molecule has 0 bridgehead atoms. The summed E-state index contributed by atoms with van der Waals surface area (Å²) in [5.41, 5.74) is 13.3. The SMILES string of the molecule is Cc1c(N)cccc1CNC(N)=O. The number of nitrogens with two attached hydrogens (primary N) is 2. The van der Waals surface area contributed by atoms with Crippen LogP contribution in [-0.2, 0) is 6.54 Å². The number of benzene rings is 1. The van der Waals surface area contributed by atoms with Gasteiger partial charge in [0, 0.05) is 12.2 Å². The van der Waals surface area contributed by atoms with Crippen molar-refractivity contribution in [2.24, 2.45) is 5.73 Å². The topological polar surface area (TPSA) is 81.1 Å². The third kappa shape index (κ3) is 2.37. The van der Waals surface area contributed by atoms with Gasteiger partial charge in [-0.05, 0) is 24.1 Å². The van der Waals surface area contributed by atoms with Gasteiger partial charge in [-0.3, -0.25) is 0 Å². The fraction of sp³-hybridized carbons (Fsp3) is 0.222. The molecule has 0 aromatic heterocycles. The number of carbonyl (C=O) groups excluding carboxylic acids is 1. The highest BCUT2D eigenvalue weighted by atomic mass is 16.2. The van der Waals surface area contributed by atoms with E-state index in [1.165, 1.54) is 0 Å². The number of nitrogens with one attached hydrogen (secondary N) is 1. The van der Waals surface area contributed by atoms with Crippen LogP contribution < -0.4 is 16.8 Å². The average Bonchev–Trinajstić information content (AvgIpc) is 2.07. The smallest absolute Gasteiger partial charge is 0.312 e. The zero-order valence-corrected chi connectivity index (χ0v) is 7.50. The first-order valence-corrected chi connectivity index (χ1v) is 3.98. The van der Waals surface area contributed by atoms with Gasteiger partial charge in [0.05, 0.1) is 0 Å². The van der Waals surface area contributed by atoms with Crippen LogP contribution in [0.5, 0.6) is 0 Å². The number of hydrogen-bond acceptors (Lipinski definition) is 2. The maximum atomic E-state index is 10.4. The van der Waals surface area contributed by atoms with Gasteiger partial charge in [-0.1, -0.05) is 12.1 Å². The third-order valence-electron chi connectivity index (χ3n) is 1.94. The quantitative estimate of drug-likeness (QED) is 0.585. The molecule has 0 atom stereocenters. The molecule has 13 heavy (non-hydrogen) atoms. The van der Waals surface area contributed by atoms with Crippen LogP contribution >= 0.6 is 0 Å². The molecule has 0 radical (unpaired) electrons. The first-order chi connectivity index (χ1) is 6.11. The van der Waals surface area contributed by atoms with Crippen LogP contribution in [0.1, 0.15) is 11.1 Å². The molecule has 0 fully saturated rings. The molecule has 1 aromatic carbocycles. The molecule has 0 saturated carbocycles. The summed E-state index contributed by atoms with van der Waals surface area (Å²) in [5, 5.41) is 2.51. The average molecular weight is 179 g/mol. The van der Waals surface area contributed by atoms with Crippen LogP contribution in [0.25, 0.3) is 0 Å². The van der Waals surface area contributed by atoms with Crippen LogP contribution in [0.2, 0.25) is 0 Å². The monoisotopic (exact) mass is 179 g/mol. The Balaban J connectivity index is 2.77. The number of urea groups is 1. The van der Waals surface area contributed by atoms with E-state index in [1.54, 1.807) is 0 Å². The van der Waals surface area contributed by atoms with Gasteiger partial charge >= 0.3 is 6.03 Å². The summed E-state index contributed by atoms with van der Waals surface area (Å²) in [5.74, 6) is 0. The van der Waals surface area contributed by atoms with Gasteiger partial charge in [-0.2, -0.15) is 0 Å². The van der Waals surface area contributed by atoms with Crippen molar-refractivity contribution in [1.82, 2.24) is 5.32 Å². The van der Waals surface area contributed by atoms with Crippen molar-refractivity contribution in [2.75, 3.05) is 5.73 Å². The summed E-state index contributed by atoms with van der Waals surface area (Å²) in [6.45, 7) is 2.33. The lowest BCUT2D eigenvalue weighted by Crippen LogP contribution is -2.28. The molecule has 0 unspecified atom stereocenters. The second kappa shape index (κ2) is 3.80. The minimum Gasteiger partial charge on any atom is -0.399 e. The lowest BCUT2D eigenvalue weighted by molar-refractivity contribution is 0.248. The molecular weight excluding hydrogens is 166 g/mol. The van der Waals surface area contributed by atoms with Crippen LogP contribution in [0.4, 0.5) is 10.5 Å². The number of hydrogen-bond donors (Lipinski definition) is 3. The van der Waals surface area contributed by atoms with Crippen LogP contribution in [0.15, 0.2) is 18.2 Å². The van der Waals surface area contributed by atoms with Gasteiger partial charge in [0.2, 0.25) is 0 Å². The van der Waals surface area contributed by atoms with E-state index in [4.69, 9.17) is 11.5 Å². The molecule has 0 spiro atoms. The highest BCUT2D eigenvalue weighted by Gasteiger charge is 2.01. The van der Waals surface area contributed by atoms with E-state index in [2.05, 4.69) is 5.32 Å². The zero-order valence-electron chi connectivity index (χ0n) is 7.50. The number of amides is 2. The summed E-state index contributed by atoms with van der Waals surface area (Å²) in [7, 11) is 0. The van der Waals surface area contributed by atoms with E-state index in [9.17, 15) is 4.79 Å². The van der Waals surface area contributed by atoms with E-state index in [0.717, 1.165) is 16.8 Å². The Labute approximate surface area is 76.9 Å². The Bertz CT molecular complexity index is 323. The molecule has 0 aliphatic carbocycles. The normalized spacial score (nSPS) is 9.62. The molecule has 70 valence electrons. The third-order valence-corrected chi connectivity index (χ3v) is 1.94. The Morgan fingerprint density at radius 2 is 2.23 bits per heavy atom. The van der Waals surface area contributed by atoms with E-state index in [-0.39, 0.29) is 0 Å². The summed E-state index contributed by atoms with van der Waals surface area (Å²) in [6, 6.07) is 5.05. The Morgan fingerprint density at radius 3 is 2.85 bits per heavy atom. The van der Waals surface area contributed by atoms with Gasteiger partial charge < -0.3 is 16.8 Å². The second-order valence-corrected chi connectivity index (χ2v) is 2.85. The van der Waals surface area contributed by atoms with Crippen LogP contribution in [0.3, 0.4) is 0 Å². The number of carbonyl (C=O) groups is 1. The molecular formula is C9H13N3O. The first-order valence-electron chi connectivity index (χ1n) is 3.98. The molecule has 1 rings (SSSR count). The molecule has 1 aromatic rings. The fourth-order valence-corrected chi connectivity index (χ4v) is 1.08. The molecule has 0 aliphatic rings. The minimum atomic E-state index is -0.526. The van der Waals surface area contributed by atoms with Crippen molar-refractivity contribution in [1.29, 1.82) is 0 Å². The predicted octanol–water partition coefficient (Wildman–Crippen LogP) is 0.746. The Morgan fingerprint density at radius 1 is 1.54 bits per heavy atom. The van der Waals surface area contributed by atoms with E-state index < -0.39 is 6.03 Å². The van der Waals surface area contributed by atoms with Crippen molar-refractivity contribution in [3.8, 4) is 0 Å². The lowest BCUT2D eigenvalue weighted by Gasteiger charge is -2.07.